The molecule has 0 spiro atoms. The molecule has 0 radical (unpaired) electrons. The van der Waals surface area contributed by atoms with Crippen LogP contribution in [-0.2, 0) is 11.3 Å². The fourth-order valence-corrected chi connectivity index (χ4v) is 5.13. The zero-order valence-electron chi connectivity index (χ0n) is 17.7. The summed E-state index contributed by atoms with van der Waals surface area (Å²) in [5.74, 6) is 1.60. The van der Waals surface area contributed by atoms with E-state index >= 15 is 0 Å². The van der Waals surface area contributed by atoms with Gasteiger partial charge < -0.3 is 5.32 Å². The number of carbonyl (C=O) groups is 1. The van der Waals surface area contributed by atoms with E-state index in [4.69, 9.17) is 0 Å². The SMILES string of the molecule is CSc1ccccc1NC(=O)CCSc1nnc(CN2CCCC2)n1-c1ccccc1. The van der Waals surface area contributed by atoms with Crippen molar-refractivity contribution in [1.82, 2.24) is 19.7 Å². The molecule has 1 amide bonds. The summed E-state index contributed by atoms with van der Waals surface area (Å²) in [4.78, 5) is 16.0. The number of anilines is 1. The number of para-hydroxylation sites is 2. The van der Waals surface area contributed by atoms with Crippen LogP contribution in [0, 0.1) is 0 Å². The number of hydrogen-bond donors (Lipinski definition) is 1. The Morgan fingerprint density at radius 2 is 1.77 bits per heavy atom. The van der Waals surface area contributed by atoms with Crippen molar-refractivity contribution in [3.8, 4) is 5.69 Å². The number of rotatable bonds is 9. The first-order valence-corrected chi connectivity index (χ1v) is 12.7. The van der Waals surface area contributed by atoms with E-state index < -0.39 is 0 Å². The minimum atomic E-state index is 0.0112. The van der Waals surface area contributed by atoms with Crippen molar-refractivity contribution in [3.63, 3.8) is 0 Å². The van der Waals surface area contributed by atoms with Gasteiger partial charge in [0.15, 0.2) is 11.0 Å². The van der Waals surface area contributed by atoms with Crippen molar-refractivity contribution in [3.05, 3.63) is 60.4 Å². The third-order valence-electron chi connectivity index (χ3n) is 5.22. The molecule has 31 heavy (non-hydrogen) atoms. The predicted molar refractivity (Wildman–Crippen MR) is 128 cm³/mol. The Morgan fingerprint density at radius 3 is 2.55 bits per heavy atom. The second-order valence-electron chi connectivity index (χ2n) is 7.40. The summed E-state index contributed by atoms with van der Waals surface area (Å²) < 4.78 is 2.13. The molecule has 1 aromatic heterocycles. The summed E-state index contributed by atoms with van der Waals surface area (Å²) in [5.41, 5.74) is 1.92. The summed E-state index contributed by atoms with van der Waals surface area (Å²) in [6, 6.07) is 18.1. The largest absolute Gasteiger partial charge is 0.325 e. The van der Waals surface area contributed by atoms with Gasteiger partial charge in [0.2, 0.25) is 5.91 Å². The molecule has 6 nitrogen and oxygen atoms in total. The van der Waals surface area contributed by atoms with Gasteiger partial charge in [-0.2, -0.15) is 0 Å². The first-order chi connectivity index (χ1) is 15.2. The highest BCUT2D eigenvalue weighted by atomic mass is 32.2. The van der Waals surface area contributed by atoms with E-state index in [1.807, 2.05) is 48.7 Å². The number of likely N-dealkylation sites (tertiary alicyclic amines) is 1. The summed E-state index contributed by atoms with van der Waals surface area (Å²) in [5, 5.41) is 12.8. The molecule has 2 heterocycles. The average molecular weight is 454 g/mol. The summed E-state index contributed by atoms with van der Waals surface area (Å²) >= 11 is 3.20. The highest BCUT2D eigenvalue weighted by molar-refractivity contribution is 7.99. The molecule has 0 aliphatic carbocycles. The second kappa shape index (κ2) is 10.8. The van der Waals surface area contributed by atoms with Crippen LogP contribution in [0.1, 0.15) is 25.1 Å². The lowest BCUT2D eigenvalue weighted by molar-refractivity contribution is -0.115. The summed E-state index contributed by atoms with van der Waals surface area (Å²) in [6.07, 6.45) is 4.92. The van der Waals surface area contributed by atoms with Crippen molar-refractivity contribution in [2.45, 2.75) is 35.9 Å². The number of amides is 1. The molecule has 1 N–H and O–H groups in total. The molecule has 4 rings (SSSR count). The molecular weight excluding hydrogens is 426 g/mol. The highest BCUT2D eigenvalue weighted by Crippen LogP contribution is 2.26. The molecular formula is C23H27N5OS2. The topological polar surface area (TPSA) is 63.1 Å². The van der Waals surface area contributed by atoms with Gasteiger partial charge >= 0.3 is 0 Å². The smallest absolute Gasteiger partial charge is 0.225 e. The number of hydrogen-bond acceptors (Lipinski definition) is 6. The fourth-order valence-electron chi connectivity index (χ4n) is 3.67. The normalized spacial score (nSPS) is 14.1. The molecule has 0 unspecified atom stereocenters. The second-order valence-corrected chi connectivity index (χ2v) is 9.31. The van der Waals surface area contributed by atoms with Crippen molar-refractivity contribution in [2.24, 2.45) is 0 Å². The van der Waals surface area contributed by atoms with Gasteiger partial charge in [-0.15, -0.1) is 22.0 Å². The van der Waals surface area contributed by atoms with Gasteiger partial charge in [-0.05, 0) is 56.5 Å². The van der Waals surface area contributed by atoms with E-state index in [9.17, 15) is 4.79 Å². The Bertz CT molecular complexity index is 1000. The Hall–Kier alpha value is -2.29. The maximum absolute atomic E-state index is 12.5. The number of thioether (sulfide) groups is 2. The van der Waals surface area contributed by atoms with Crippen LogP contribution >= 0.6 is 23.5 Å². The van der Waals surface area contributed by atoms with Crippen LogP contribution in [0.25, 0.3) is 5.69 Å². The zero-order chi connectivity index (χ0) is 21.5. The van der Waals surface area contributed by atoms with Crippen LogP contribution in [0.4, 0.5) is 5.69 Å². The number of benzene rings is 2. The first-order valence-electron chi connectivity index (χ1n) is 10.5. The van der Waals surface area contributed by atoms with E-state index in [0.29, 0.717) is 12.2 Å². The molecule has 1 fully saturated rings. The standard InChI is InChI=1S/C23H27N5OS2/c1-30-20-12-6-5-11-19(20)24-22(29)13-16-31-23-26-25-21(17-27-14-7-8-15-27)28(23)18-9-3-2-4-10-18/h2-6,9-12H,7-8,13-17H2,1H3,(H,24,29). The van der Waals surface area contributed by atoms with Crippen LogP contribution in [0.3, 0.4) is 0 Å². The lowest BCUT2D eigenvalue weighted by atomic mass is 10.3. The van der Waals surface area contributed by atoms with Crippen LogP contribution in [0.2, 0.25) is 0 Å². The third kappa shape index (κ3) is 5.70. The number of carbonyl (C=O) groups excluding carboxylic acids is 1. The Morgan fingerprint density at radius 1 is 1.03 bits per heavy atom. The first kappa shape index (κ1) is 21.9. The van der Waals surface area contributed by atoms with Crippen LogP contribution in [0.15, 0.2) is 64.6 Å². The zero-order valence-corrected chi connectivity index (χ0v) is 19.3. The van der Waals surface area contributed by atoms with Crippen LogP contribution in [0.5, 0.6) is 0 Å². The van der Waals surface area contributed by atoms with Gasteiger partial charge in [0.1, 0.15) is 0 Å². The molecule has 2 aromatic carbocycles. The van der Waals surface area contributed by atoms with E-state index in [1.165, 1.54) is 12.8 Å². The summed E-state index contributed by atoms with van der Waals surface area (Å²) in [6.45, 7) is 3.03. The van der Waals surface area contributed by atoms with E-state index in [-0.39, 0.29) is 5.91 Å². The van der Waals surface area contributed by atoms with Gasteiger partial charge in [-0.1, -0.05) is 42.1 Å². The average Bonchev–Trinajstić information content (AvgIpc) is 3.45. The minimum absolute atomic E-state index is 0.0112. The van der Waals surface area contributed by atoms with Crippen LogP contribution in [-0.4, -0.2) is 50.7 Å². The van der Waals surface area contributed by atoms with Gasteiger partial charge in [0.25, 0.3) is 0 Å². The monoisotopic (exact) mass is 453 g/mol. The molecule has 8 heteroatoms. The Balaban J connectivity index is 1.42. The maximum atomic E-state index is 12.5. The van der Waals surface area contributed by atoms with Crippen LogP contribution < -0.4 is 5.32 Å². The minimum Gasteiger partial charge on any atom is -0.325 e. The van der Waals surface area contributed by atoms with Crippen molar-refractivity contribution < 1.29 is 4.79 Å². The molecule has 162 valence electrons. The molecule has 3 aromatic rings. The van der Waals surface area contributed by atoms with Crippen molar-refractivity contribution in [1.29, 1.82) is 0 Å². The van der Waals surface area contributed by atoms with Crippen molar-refractivity contribution in [2.75, 3.05) is 30.4 Å². The lowest BCUT2D eigenvalue weighted by Gasteiger charge is -2.16. The Labute approximate surface area is 191 Å². The maximum Gasteiger partial charge on any atom is 0.225 e. The number of nitrogens with one attached hydrogen (secondary N) is 1. The number of nitrogens with zero attached hydrogens (tertiary/aromatic N) is 4. The van der Waals surface area contributed by atoms with E-state index in [2.05, 4.69) is 37.1 Å². The highest BCUT2D eigenvalue weighted by Gasteiger charge is 2.19. The number of aromatic nitrogens is 3. The Kier molecular flexibility index (Phi) is 7.66. The summed E-state index contributed by atoms with van der Waals surface area (Å²) in [7, 11) is 0. The predicted octanol–water partition coefficient (Wildman–Crippen LogP) is 4.71. The molecule has 1 saturated heterocycles. The molecule has 1 aliphatic heterocycles. The van der Waals surface area contributed by atoms with E-state index in [0.717, 1.165) is 46.9 Å². The van der Waals surface area contributed by atoms with Gasteiger partial charge in [0, 0.05) is 22.8 Å². The third-order valence-corrected chi connectivity index (χ3v) is 6.95. The molecule has 1 aliphatic rings. The molecule has 0 atom stereocenters. The molecule has 0 bridgehead atoms. The molecule has 0 saturated carbocycles. The van der Waals surface area contributed by atoms with E-state index in [1.54, 1.807) is 23.5 Å². The van der Waals surface area contributed by atoms with Crippen molar-refractivity contribution >= 4 is 35.1 Å². The fraction of sp³-hybridized carbons (Fsp3) is 0.348. The van der Waals surface area contributed by atoms with Gasteiger partial charge in [-0.3, -0.25) is 14.3 Å². The quantitative estimate of drug-likeness (QED) is 0.474. The van der Waals surface area contributed by atoms with Gasteiger partial charge in [0.05, 0.1) is 12.2 Å². The lowest BCUT2D eigenvalue weighted by Crippen LogP contribution is -2.21. The van der Waals surface area contributed by atoms with Gasteiger partial charge in [-0.25, -0.2) is 0 Å².